The van der Waals surface area contributed by atoms with Crippen molar-refractivity contribution in [3.8, 4) is 5.75 Å². The van der Waals surface area contributed by atoms with Gasteiger partial charge < -0.3 is 15.4 Å². The zero-order chi connectivity index (χ0) is 23.6. The van der Waals surface area contributed by atoms with E-state index in [2.05, 4.69) is 22.9 Å². The average molecular weight is 462 g/mol. The summed E-state index contributed by atoms with van der Waals surface area (Å²) < 4.78 is 5.61. The third-order valence-electron chi connectivity index (χ3n) is 4.79. The van der Waals surface area contributed by atoms with Crippen LogP contribution in [0, 0.1) is 6.92 Å². The largest absolute Gasteiger partial charge is 0.494 e. The van der Waals surface area contributed by atoms with Crippen LogP contribution in [-0.2, 0) is 0 Å². The lowest BCUT2D eigenvalue weighted by Crippen LogP contribution is -2.34. The van der Waals surface area contributed by atoms with Crippen LogP contribution in [0.5, 0.6) is 5.75 Å². The number of anilines is 2. The molecule has 7 heteroatoms. The van der Waals surface area contributed by atoms with Crippen molar-refractivity contribution in [3.05, 3.63) is 89.5 Å². The highest BCUT2D eigenvalue weighted by atomic mass is 32.1. The molecule has 3 rings (SSSR count). The number of hydrogen-bond acceptors (Lipinski definition) is 4. The Bertz CT molecular complexity index is 1110. The summed E-state index contributed by atoms with van der Waals surface area (Å²) >= 11 is 5.25. The number of rotatable bonds is 8. The van der Waals surface area contributed by atoms with Crippen molar-refractivity contribution < 1.29 is 14.3 Å². The Morgan fingerprint density at radius 2 is 1.52 bits per heavy atom. The molecule has 0 aliphatic carbocycles. The van der Waals surface area contributed by atoms with Crippen LogP contribution in [0.1, 0.15) is 46.0 Å². The van der Waals surface area contributed by atoms with Crippen LogP contribution < -0.4 is 20.7 Å². The van der Waals surface area contributed by atoms with Crippen LogP contribution in [0.15, 0.2) is 72.8 Å². The number of unbranched alkanes of at least 4 members (excludes halogenated alkanes) is 1. The minimum atomic E-state index is -0.311. The molecule has 0 saturated heterocycles. The number of amides is 2. The monoisotopic (exact) mass is 461 g/mol. The molecule has 0 bridgehead atoms. The maximum atomic E-state index is 12.4. The highest BCUT2D eigenvalue weighted by Crippen LogP contribution is 2.16. The van der Waals surface area contributed by atoms with Crippen molar-refractivity contribution in [2.75, 3.05) is 17.2 Å². The summed E-state index contributed by atoms with van der Waals surface area (Å²) in [6.07, 6.45) is 2.05. The van der Waals surface area contributed by atoms with Gasteiger partial charge in [0.15, 0.2) is 5.11 Å². The van der Waals surface area contributed by atoms with Crippen molar-refractivity contribution in [2.45, 2.75) is 26.7 Å². The van der Waals surface area contributed by atoms with E-state index in [1.165, 1.54) is 0 Å². The van der Waals surface area contributed by atoms with E-state index in [0.717, 1.165) is 24.2 Å². The predicted molar refractivity (Wildman–Crippen MR) is 136 cm³/mol. The molecule has 6 nitrogen and oxygen atoms in total. The average Bonchev–Trinajstić information content (AvgIpc) is 2.81. The Kier molecular flexibility index (Phi) is 8.55. The number of carbonyl (C=O) groups is 2. The van der Waals surface area contributed by atoms with Crippen LogP contribution in [0.3, 0.4) is 0 Å². The molecule has 0 aliphatic rings. The first-order valence-electron chi connectivity index (χ1n) is 10.8. The van der Waals surface area contributed by atoms with E-state index >= 15 is 0 Å². The first kappa shape index (κ1) is 23.9. The van der Waals surface area contributed by atoms with E-state index in [0.29, 0.717) is 29.1 Å². The number of benzene rings is 3. The summed E-state index contributed by atoms with van der Waals surface area (Å²) in [7, 11) is 0. The Balaban J connectivity index is 1.50. The molecule has 0 heterocycles. The van der Waals surface area contributed by atoms with E-state index in [1.807, 2.05) is 25.1 Å². The van der Waals surface area contributed by atoms with Crippen molar-refractivity contribution in [3.63, 3.8) is 0 Å². The van der Waals surface area contributed by atoms with Crippen LogP contribution >= 0.6 is 12.2 Å². The van der Waals surface area contributed by atoms with Gasteiger partial charge in [0.2, 0.25) is 0 Å². The molecule has 0 saturated carbocycles. The minimum Gasteiger partial charge on any atom is -0.494 e. The van der Waals surface area contributed by atoms with Gasteiger partial charge in [0, 0.05) is 22.5 Å². The van der Waals surface area contributed by atoms with Crippen molar-refractivity contribution in [2.24, 2.45) is 0 Å². The second-order valence-corrected chi connectivity index (χ2v) is 7.94. The standard InChI is InChI=1S/C26H27N3O3S/c1-3-4-16-32-23-14-8-19(9-15-23)24(30)29-26(33)28-22-12-10-21(11-13-22)27-25(31)20-7-5-6-18(2)17-20/h5-15,17H,3-4,16H2,1-2H3,(H,27,31)(H2,28,29,30,33). The van der Waals surface area contributed by atoms with Gasteiger partial charge in [0.25, 0.3) is 11.8 Å². The van der Waals surface area contributed by atoms with Gasteiger partial charge in [-0.1, -0.05) is 31.0 Å². The fourth-order valence-corrected chi connectivity index (χ4v) is 3.21. The molecule has 0 aliphatic heterocycles. The van der Waals surface area contributed by atoms with E-state index in [9.17, 15) is 9.59 Å². The summed E-state index contributed by atoms with van der Waals surface area (Å²) in [5.41, 5.74) is 3.45. The van der Waals surface area contributed by atoms with E-state index in [1.54, 1.807) is 54.6 Å². The van der Waals surface area contributed by atoms with Gasteiger partial charge in [-0.05, 0) is 86.2 Å². The molecule has 3 aromatic rings. The topological polar surface area (TPSA) is 79.5 Å². The maximum absolute atomic E-state index is 12.4. The van der Waals surface area contributed by atoms with Gasteiger partial charge in [-0.25, -0.2) is 0 Å². The zero-order valence-electron chi connectivity index (χ0n) is 18.7. The highest BCUT2D eigenvalue weighted by molar-refractivity contribution is 7.80. The number of aryl methyl sites for hydroxylation is 1. The normalized spacial score (nSPS) is 10.2. The lowest BCUT2D eigenvalue weighted by atomic mass is 10.1. The Labute approximate surface area is 199 Å². The zero-order valence-corrected chi connectivity index (χ0v) is 19.5. The van der Waals surface area contributed by atoms with Crippen molar-refractivity contribution >= 4 is 40.5 Å². The molecule has 0 radical (unpaired) electrons. The molecule has 170 valence electrons. The Morgan fingerprint density at radius 3 is 2.15 bits per heavy atom. The molecule has 0 unspecified atom stereocenters. The molecular weight excluding hydrogens is 434 g/mol. The number of thiocarbonyl (C=S) groups is 1. The molecule has 33 heavy (non-hydrogen) atoms. The smallest absolute Gasteiger partial charge is 0.257 e. The highest BCUT2D eigenvalue weighted by Gasteiger charge is 2.09. The van der Waals surface area contributed by atoms with E-state index in [-0.39, 0.29) is 16.9 Å². The molecule has 0 spiro atoms. The third kappa shape index (κ3) is 7.43. The number of carbonyl (C=O) groups excluding carboxylic acids is 2. The lowest BCUT2D eigenvalue weighted by Gasteiger charge is -2.11. The summed E-state index contributed by atoms with van der Waals surface area (Å²) in [4.78, 5) is 24.8. The molecule has 3 aromatic carbocycles. The van der Waals surface area contributed by atoms with Crippen LogP contribution in [-0.4, -0.2) is 23.5 Å². The van der Waals surface area contributed by atoms with Gasteiger partial charge >= 0.3 is 0 Å². The molecule has 2 amide bonds. The Hall–Kier alpha value is -3.71. The quantitative estimate of drug-likeness (QED) is 0.303. The summed E-state index contributed by atoms with van der Waals surface area (Å²) in [6, 6.07) is 21.4. The summed E-state index contributed by atoms with van der Waals surface area (Å²) in [5, 5.41) is 8.67. The van der Waals surface area contributed by atoms with Crippen molar-refractivity contribution in [1.29, 1.82) is 0 Å². The lowest BCUT2D eigenvalue weighted by molar-refractivity contribution is 0.0976. The minimum absolute atomic E-state index is 0.177. The second kappa shape index (κ2) is 11.8. The number of hydrogen-bond donors (Lipinski definition) is 3. The second-order valence-electron chi connectivity index (χ2n) is 7.54. The molecule has 0 aromatic heterocycles. The van der Waals surface area contributed by atoms with E-state index in [4.69, 9.17) is 17.0 Å². The Morgan fingerprint density at radius 1 is 0.848 bits per heavy atom. The van der Waals surface area contributed by atoms with Gasteiger partial charge in [-0.3, -0.25) is 14.9 Å². The SMILES string of the molecule is CCCCOc1ccc(C(=O)NC(=S)Nc2ccc(NC(=O)c3cccc(C)c3)cc2)cc1. The third-order valence-corrected chi connectivity index (χ3v) is 5.00. The van der Waals surface area contributed by atoms with Crippen LogP contribution in [0.4, 0.5) is 11.4 Å². The summed E-state index contributed by atoms with van der Waals surface area (Å²) in [6.45, 7) is 4.70. The van der Waals surface area contributed by atoms with E-state index < -0.39 is 0 Å². The maximum Gasteiger partial charge on any atom is 0.257 e. The van der Waals surface area contributed by atoms with Gasteiger partial charge in [-0.2, -0.15) is 0 Å². The van der Waals surface area contributed by atoms with Crippen molar-refractivity contribution in [1.82, 2.24) is 5.32 Å². The van der Waals surface area contributed by atoms with Gasteiger partial charge in [-0.15, -0.1) is 0 Å². The molecule has 0 atom stereocenters. The van der Waals surface area contributed by atoms with Crippen LogP contribution in [0.2, 0.25) is 0 Å². The number of ether oxygens (including phenoxy) is 1. The molecule has 0 fully saturated rings. The molecule has 3 N–H and O–H groups in total. The number of nitrogens with one attached hydrogen (secondary N) is 3. The van der Waals surface area contributed by atoms with Gasteiger partial charge in [0.1, 0.15) is 5.75 Å². The fourth-order valence-electron chi connectivity index (χ4n) is 3.00. The summed E-state index contributed by atoms with van der Waals surface area (Å²) in [5.74, 6) is 0.244. The first-order valence-corrected chi connectivity index (χ1v) is 11.2. The first-order chi connectivity index (χ1) is 15.9. The predicted octanol–water partition coefficient (Wildman–Crippen LogP) is 5.55. The van der Waals surface area contributed by atoms with Crippen LogP contribution in [0.25, 0.3) is 0 Å². The van der Waals surface area contributed by atoms with Gasteiger partial charge in [0.05, 0.1) is 6.61 Å². The fraction of sp³-hybridized carbons (Fsp3) is 0.192. The molecular formula is C26H27N3O3S.